The average Bonchev–Trinajstić information content (AvgIpc) is 2.53. The van der Waals surface area contributed by atoms with Gasteiger partial charge in [0.1, 0.15) is 11.5 Å². The van der Waals surface area contributed by atoms with Crippen molar-refractivity contribution in [2.75, 3.05) is 20.0 Å². The third kappa shape index (κ3) is 3.92. The molecule has 0 saturated heterocycles. The van der Waals surface area contributed by atoms with E-state index in [9.17, 15) is 5.11 Å². The van der Waals surface area contributed by atoms with Crippen LogP contribution >= 0.6 is 11.8 Å². The van der Waals surface area contributed by atoms with Crippen LogP contribution in [-0.2, 0) is 0 Å². The number of hydrogen-bond acceptors (Lipinski definition) is 4. The van der Waals surface area contributed by atoms with Crippen molar-refractivity contribution in [1.82, 2.24) is 0 Å². The van der Waals surface area contributed by atoms with Crippen LogP contribution in [-0.4, -0.2) is 25.1 Å². The number of aliphatic hydroxyl groups is 1. The first-order valence-electron chi connectivity index (χ1n) is 6.32. The van der Waals surface area contributed by atoms with Crippen molar-refractivity contribution in [2.24, 2.45) is 0 Å². The summed E-state index contributed by atoms with van der Waals surface area (Å²) < 4.78 is 10.2. The van der Waals surface area contributed by atoms with Crippen molar-refractivity contribution in [1.29, 1.82) is 0 Å². The van der Waals surface area contributed by atoms with Gasteiger partial charge in [-0.3, -0.25) is 0 Å². The molecule has 0 aliphatic rings. The van der Waals surface area contributed by atoms with Gasteiger partial charge in [0, 0.05) is 10.6 Å². The number of benzene rings is 2. The van der Waals surface area contributed by atoms with Crippen molar-refractivity contribution in [2.45, 2.75) is 11.0 Å². The second-order valence-corrected chi connectivity index (χ2v) is 5.37. The van der Waals surface area contributed by atoms with Gasteiger partial charge in [0.05, 0.1) is 20.3 Å². The highest BCUT2D eigenvalue weighted by Gasteiger charge is 2.08. The zero-order valence-corrected chi connectivity index (χ0v) is 12.4. The van der Waals surface area contributed by atoms with Crippen molar-refractivity contribution < 1.29 is 14.6 Å². The van der Waals surface area contributed by atoms with E-state index >= 15 is 0 Å². The highest BCUT2D eigenvalue weighted by molar-refractivity contribution is 7.99. The van der Waals surface area contributed by atoms with Crippen LogP contribution in [0.15, 0.2) is 53.4 Å². The lowest BCUT2D eigenvalue weighted by atomic mass is 10.1. The zero-order chi connectivity index (χ0) is 14.4. The van der Waals surface area contributed by atoms with E-state index in [1.54, 1.807) is 26.0 Å². The normalized spacial score (nSPS) is 11.9. The summed E-state index contributed by atoms with van der Waals surface area (Å²) >= 11 is 1.62. The molecule has 1 N–H and O–H groups in total. The van der Waals surface area contributed by atoms with E-state index in [0.29, 0.717) is 5.75 Å². The minimum Gasteiger partial charge on any atom is -0.497 e. The van der Waals surface area contributed by atoms with Crippen LogP contribution in [0.5, 0.6) is 11.5 Å². The van der Waals surface area contributed by atoms with Crippen LogP contribution < -0.4 is 9.47 Å². The molecule has 0 aliphatic heterocycles. The minimum absolute atomic E-state index is 0.493. The van der Waals surface area contributed by atoms with Crippen molar-refractivity contribution >= 4 is 11.8 Å². The molecule has 2 aromatic rings. The van der Waals surface area contributed by atoms with Crippen LogP contribution in [0.25, 0.3) is 0 Å². The molecule has 0 fully saturated rings. The van der Waals surface area contributed by atoms with Gasteiger partial charge >= 0.3 is 0 Å². The molecular weight excluding hydrogens is 272 g/mol. The highest BCUT2D eigenvalue weighted by Crippen LogP contribution is 2.27. The summed E-state index contributed by atoms with van der Waals surface area (Å²) in [7, 11) is 3.28. The summed E-state index contributed by atoms with van der Waals surface area (Å²) in [6, 6.07) is 15.3. The Labute approximate surface area is 123 Å². The van der Waals surface area contributed by atoms with Crippen LogP contribution in [0.2, 0.25) is 0 Å². The molecule has 2 rings (SSSR count). The molecule has 0 aliphatic carbocycles. The lowest BCUT2D eigenvalue weighted by Crippen LogP contribution is -2.00. The molecule has 0 spiro atoms. The molecule has 0 aromatic heterocycles. The number of methoxy groups -OCH3 is 2. The maximum absolute atomic E-state index is 10.2. The van der Waals surface area contributed by atoms with Crippen LogP contribution in [0.3, 0.4) is 0 Å². The lowest BCUT2D eigenvalue weighted by molar-refractivity contribution is 0.204. The van der Waals surface area contributed by atoms with Crippen LogP contribution in [0.1, 0.15) is 11.7 Å². The smallest absolute Gasteiger partial charge is 0.118 e. The topological polar surface area (TPSA) is 38.7 Å². The maximum Gasteiger partial charge on any atom is 0.118 e. The Morgan fingerprint density at radius 2 is 1.40 bits per heavy atom. The molecule has 0 amide bonds. The predicted octanol–water partition coefficient (Wildman–Crippen LogP) is 3.53. The number of ether oxygens (including phenoxy) is 2. The number of aliphatic hydroxyl groups excluding tert-OH is 1. The molecule has 4 heteroatoms. The fourth-order valence-electron chi connectivity index (χ4n) is 1.77. The van der Waals surface area contributed by atoms with Gasteiger partial charge < -0.3 is 14.6 Å². The van der Waals surface area contributed by atoms with Gasteiger partial charge in [-0.05, 0) is 42.0 Å². The minimum atomic E-state index is -0.493. The number of rotatable bonds is 6. The molecule has 1 unspecified atom stereocenters. The van der Waals surface area contributed by atoms with Gasteiger partial charge in [-0.15, -0.1) is 11.8 Å². The Kier molecular flexibility index (Phi) is 5.32. The Balaban J connectivity index is 1.91. The predicted molar refractivity (Wildman–Crippen MR) is 81.7 cm³/mol. The van der Waals surface area contributed by atoms with E-state index in [0.717, 1.165) is 22.0 Å². The van der Waals surface area contributed by atoms with Gasteiger partial charge in [-0.25, -0.2) is 0 Å². The van der Waals surface area contributed by atoms with Crippen LogP contribution in [0.4, 0.5) is 0 Å². The molecular formula is C16H18O3S. The van der Waals surface area contributed by atoms with Crippen molar-refractivity contribution in [3.05, 3.63) is 54.1 Å². The Morgan fingerprint density at radius 3 is 1.90 bits per heavy atom. The van der Waals surface area contributed by atoms with E-state index in [2.05, 4.69) is 0 Å². The first-order valence-corrected chi connectivity index (χ1v) is 7.30. The lowest BCUT2D eigenvalue weighted by Gasteiger charge is -2.11. The van der Waals surface area contributed by atoms with Gasteiger partial charge in [0.25, 0.3) is 0 Å². The quantitative estimate of drug-likeness (QED) is 0.826. The van der Waals surface area contributed by atoms with Crippen molar-refractivity contribution in [3.8, 4) is 11.5 Å². The van der Waals surface area contributed by atoms with Gasteiger partial charge in [-0.2, -0.15) is 0 Å². The second-order valence-electron chi connectivity index (χ2n) is 4.28. The monoisotopic (exact) mass is 290 g/mol. The maximum atomic E-state index is 10.2. The summed E-state index contributed by atoms with van der Waals surface area (Å²) in [6.45, 7) is 0. The molecule has 0 bridgehead atoms. The van der Waals surface area contributed by atoms with Gasteiger partial charge in [0.15, 0.2) is 0 Å². The first-order chi connectivity index (χ1) is 9.72. The molecule has 0 radical (unpaired) electrons. The molecule has 20 heavy (non-hydrogen) atoms. The zero-order valence-electron chi connectivity index (χ0n) is 11.6. The Bertz CT molecular complexity index is 522. The Hall–Kier alpha value is -1.65. The van der Waals surface area contributed by atoms with Crippen LogP contribution in [0, 0.1) is 0 Å². The summed E-state index contributed by atoms with van der Waals surface area (Å²) in [5.74, 6) is 2.24. The molecule has 0 heterocycles. The molecule has 0 saturated carbocycles. The van der Waals surface area contributed by atoms with E-state index in [1.807, 2.05) is 48.5 Å². The summed E-state index contributed by atoms with van der Waals surface area (Å²) in [4.78, 5) is 1.11. The Morgan fingerprint density at radius 1 is 0.900 bits per heavy atom. The highest BCUT2D eigenvalue weighted by atomic mass is 32.2. The van der Waals surface area contributed by atoms with E-state index in [4.69, 9.17) is 9.47 Å². The third-order valence-corrected chi connectivity index (χ3v) is 4.06. The summed E-state index contributed by atoms with van der Waals surface area (Å²) in [5, 5.41) is 10.2. The molecule has 2 aromatic carbocycles. The molecule has 1 atom stereocenters. The summed E-state index contributed by atoms with van der Waals surface area (Å²) in [6.07, 6.45) is -0.493. The molecule has 106 valence electrons. The largest absolute Gasteiger partial charge is 0.497 e. The van der Waals surface area contributed by atoms with Gasteiger partial charge in [0.2, 0.25) is 0 Å². The van der Waals surface area contributed by atoms with Crippen molar-refractivity contribution in [3.63, 3.8) is 0 Å². The standard InChI is InChI=1S/C16H18O3S/c1-18-13-5-3-12(4-6-13)16(17)11-20-15-9-7-14(19-2)8-10-15/h3-10,16-17H,11H2,1-2H3. The first kappa shape index (κ1) is 14.8. The fraction of sp³-hybridized carbons (Fsp3) is 0.250. The third-order valence-electron chi connectivity index (χ3n) is 2.97. The second kappa shape index (κ2) is 7.22. The average molecular weight is 290 g/mol. The number of thioether (sulfide) groups is 1. The van der Waals surface area contributed by atoms with Gasteiger partial charge in [-0.1, -0.05) is 12.1 Å². The van der Waals surface area contributed by atoms with E-state index in [-0.39, 0.29) is 0 Å². The fourth-order valence-corrected chi connectivity index (χ4v) is 2.64. The number of hydrogen-bond donors (Lipinski definition) is 1. The molecule has 3 nitrogen and oxygen atoms in total. The summed E-state index contributed by atoms with van der Waals surface area (Å²) in [5.41, 5.74) is 0.895. The van der Waals surface area contributed by atoms with E-state index in [1.165, 1.54) is 0 Å². The van der Waals surface area contributed by atoms with E-state index < -0.39 is 6.10 Å². The SMILES string of the molecule is COc1ccc(SCC(O)c2ccc(OC)cc2)cc1.